The standard InChI is InChI=1S/C13H16BrF2NO3/c1-19-8-10(14)5-6-17-12(18)9-3-2-4-11(7-9)20-13(15)16/h2-4,7,10,13H,5-6,8H2,1H3,(H,17,18). The lowest BCUT2D eigenvalue weighted by Gasteiger charge is -2.10. The van der Waals surface area contributed by atoms with E-state index in [0.717, 1.165) is 0 Å². The molecule has 0 saturated carbocycles. The van der Waals surface area contributed by atoms with Crippen LogP contribution in [-0.4, -0.2) is 37.6 Å². The van der Waals surface area contributed by atoms with Crippen LogP contribution in [0.15, 0.2) is 24.3 Å². The molecular formula is C13H16BrF2NO3. The Labute approximate surface area is 124 Å². The first-order chi connectivity index (χ1) is 9.52. The number of amides is 1. The van der Waals surface area contributed by atoms with Gasteiger partial charge in [0.15, 0.2) is 0 Å². The maximum Gasteiger partial charge on any atom is 0.387 e. The molecule has 20 heavy (non-hydrogen) atoms. The summed E-state index contributed by atoms with van der Waals surface area (Å²) in [4.78, 5) is 12.0. The van der Waals surface area contributed by atoms with Gasteiger partial charge in [0, 0.05) is 24.0 Å². The van der Waals surface area contributed by atoms with Crippen molar-refractivity contribution < 1.29 is 23.0 Å². The molecule has 0 spiro atoms. The van der Waals surface area contributed by atoms with Gasteiger partial charge in [0.2, 0.25) is 0 Å². The molecule has 0 bridgehead atoms. The van der Waals surface area contributed by atoms with E-state index in [2.05, 4.69) is 26.0 Å². The van der Waals surface area contributed by atoms with Crippen molar-refractivity contribution in [2.24, 2.45) is 0 Å². The minimum Gasteiger partial charge on any atom is -0.435 e. The molecule has 1 unspecified atom stereocenters. The molecule has 1 N–H and O–H groups in total. The van der Waals surface area contributed by atoms with Crippen molar-refractivity contribution >= 4 is 21.8 Å². The summed E-state index contributed by atoms with van der Waals surface area (Å²) in [5.74, 6) is -0.368. The van der Waals surface area contributed by atoms with Crippen LogP contribution >= 0.6 is 15.9 Å². The summed E-state index contributed by atoms with van der Waals surface area (Å²) >= 11 is 3.40. The summed E-state index contributed by atoms with van der Waals surface area (Å²) in [6.07, 6.45) is 0.701. The molecule has 0 aromatic heterocycles. The van der Waals surface area contributed by atoms with Crippen LogP contribution in [-0.2, 0) is 4.74 Å². The molecule has 0 aliphatic rings. The molecule has 7 heteroatoms. The Morgan fingerprint density at radius 2 is 2.20 bits per heavy atom. The molecule has 1 aromatic rings. The van der Waals surface area contributed by atoms with Crippen LogP contribution in [0.1, 0.15) is 16.8 Å². The van der Waals surface area contributed by atoms with Crippen LogP contribution in [0.25, 0.3) is 0 Å². The van der Waals surface area contributed by atoms with Crippen molar-refractivity contribution in [3.05, 3.63) is 29.8 Å². The Balaban J connectivity index is 2.47. The first kappa shape index (κ1) is 16.8. The first-order valence-corrected chi connectivity index (χ1v) is 6.90. The third kappa shape index (κ3) is 6.29. The van der Waals surface area contributed by atoms with Crippen molar-refractivity contribution in [1.29, 1.82) is 0 Å². The van der Waals surface area contributed by atoms with Gasteiger partial charge in [0.05, 0.1) is 6.61 Å². The van der Waals surface area contributed by atoms with Crippen LogP contribution in [0.4, 0.5) is 8.78 Å². The second kappa shape index (κ2) is 8.86. The van der Waals surface area contributed by atoms with Gasteiger partial charge in [0.1, 0.15) is 5.75 Å². The third-order valence-corrected chi connectivity index (χ3v) is 3.13. The highest BCUT2D eigenvalue weighted by molar-refractivity contribution is 9.09. The molecular weight excluding hydrogens is 336 g/mol. The van der Waals surface area contributed by atoms with Gasteiger partial charge in [-0.15, -0.1) is 0 Å². The summed E-state index contributed by atoms with van der Waals surface area (Å²) in [7, 11) is 1.60. The summed E-state index contributed by atoms with van der Waals surface area (Å²) in [6, 6.07) is 5.68. The highest BCUT2D eigenvalue weighted by atomic mass is 79.9. The van der Waals surface area contributed by atoms with Crippen molar-refractivity contribution in [3.63, 3.8) is 0 Å². The lowest BCUT2D eigenvalue weighted by molar-refractivity contribution is -0.0498. The Morgan fingerprint density at radius 3 is 2.85 bits per heavy atom. The summed E-state index contributed by atoms with van der Waals surface area (Å²) < 4.78 is 33.3. The monoisotopic (exact) mass is 351 g/mol. The van der Waals surface area contributed by atoms with E-state index in [1.807, 2.05) is 0 Å². The zero-order chi connectivity index (χ0) is 15.0. The maximum absolute atomic E-state index is 12.1. The number of hydrogen-bond donors (Lipinski definition) is 1. The average molecular weight is 352 g/mol. The van der Waals surface area contributed by atoms with Crippen molar-refractivity contribution in [2.45, 2.75) is 17.9 Å². The number of ether oxygens (including phenoxy) is 2. The van der Waals surface area contributed by atoms with Gasteiger partial charge in [-0.25, -0.2) is 0 Å². The number of rotatable bonds is 8. The number of benzene rings is 1. The fraction of sp³-hybridized carbons (Fsp3) is 0.462. The van der Waals surface area contributed by atoms with E-state index in [9.17, 15) is 13.6 Å². The van der Waals surface area contributed by atoms with E-state index in [0.29, 0.717) is 19.6 Å². The van der Waals surface area contributed by atoms with Crippen LogP contribution in [0, 0.1) is 0 Å². The van der Waals surface area contributed by atoms with Crippen LogP contribution in [0.2, 0.25) is 0 Å². The van der Waals surface area contributed by atoms with E-state index in [1.165, 1.54) is 24.3 Å². The fourth-order valence-corrected chi connectivity index (χ4v) is 2.02. The quantitative estimate of drug-likeness (QED) is 0.732. The van der Waals surface area contributed by atoms with E-state index >= 15 is 0 Å². The van der Waals surface area contributed by atoms with Gasteiger partial charge in [-0.05, 0) is 24.6 Å². The average Bonchev–Trinajstić information content (AvgIpc) is 2.38. The molecule has 0 heterocycles. The second-order valence-corrected chi connectivity index (χ2v) is 5.30. The number of methoxy groups -OCH3 is 1. The number of halogens is 3. The second-order valence-electron chi connectivity index (χ2n) is 4.00. The van der Waals surface area contributed by atoms with E-state index < -0.39 is 6.61 Å². The molecule has 1 atom stereocenters. The van der Waals surface area contributed by atoms with E-state index in [1.54, 1.807) is 7.11 Å². The van der Waals surface area contributed by atoms with Gasteiger partial charge in [-0.1, -0.05) is 22.0 Å². The minimum atomic E-state index is -2.91. The molecule has 0 saturated heterocycles. The van der Waals surface area contributed by atoms with Gasteiger partial charge in [-0.3, -0.25) is 4.79 Å². The molecule has 4 nitrogen and oxygen atoms in total. The van der Waals surface area contributed by atoms with Gasteiger partial charge in [0.25, 0.3) is 5.91 Å². The molecule has 0 radical (unpaired) electrons. The molecule has 112 valence electrons. The maximum atomic E-state index is 12.1. The van der Waals surface area contributed by atoms with Crippen LogP contribution in [0.3, 0.4) is 0 Å². The van der Waals surface area contributed by atoms with Gasteiger partial charge >= 0.3 is 6.61 Å². The zero-order valence-electron chi connectivity index (χ0n) is 10.9. The number of alkyl halides is 3. The number of carbonyl (C=O) groups excluding carboxylic acids is 1. The molecule has 1 rings (SSSR count). The Hall–Kier alpha value is -1.21. The summed E-state index contributed by atoms with van der Waals surface area (Å²) in [5.41, 5.74) is 0.279. The van der Waals surface area contributed by atoms with Crippen molar-refractivity contribution in [3.8, 4) is 5.75 Å². The summed E-state index contributed by atoms with van der Waals surface area (Å²) in [6.45, 7) is -1.90. The number of nitrogens with one attached hydrogen (secondary N) is 1. The normalized spacial score (nSPS) is 12.2. The fourth-order valence-electron chi connectivity index (χ4n) is 1.52. The van der Waals surface area contributed by atoms with Gasteiger partial charge in [-0.2, -0.15) is 8.78 Å². The molecule has 0 fully saturated rings. The SMILES string of the molecule is COCC(Br)CCNC(=O)c1cccc(OC(F)F)c1. The number of hydrogen-bond acceptors (Lipinski definition) is 3. The third-order valence-electron chi connectivity index (χ3n) is 2.41. The Kier molecular flexibility index (Phi) is 7.46. The lowest BCUT2D eigenvalue weighted by atomic mass is 10.2. The predicted molar refractivity (Wildman–Crippen MR) is 74.6 cm³/mol. The minimum absolute atomic E-state index is 0.0367. The zero-order valence-corrected chi connectivity index (χ0v) is 12.5. The molecule has 0 aliphatic carbocycles. The molecule has 1 amide bonds. The topological polar surface area (TPSA) is 47.6 Å². The number of carbonyl (C=O) groups is 1. The highest BCUT2D eigenvalue weighted by Gasteiger charge is 2.10. The van der Waals surface area contributed by atoms with E-state index in [4.69, 9.17) is 4.74 Å². The van der Waals surface area contributed by atoms with Crippen LogP contribution in [0.5, 0.6) is 5.75 Å². The van der Waals surface area contributed by atoms with Gasteiger partial charge < -0.3 is 14.8 Å². The first-order valence-electron chi connectivity index (χ1n) is 5.99. The highest BCUT2D eigenvalue weighted by Crippen LogP contribution is 2.16. The Bertz CT molecular complexity index is 432. The largest absolute Gasteiger partial charge is 0.435 e. The smallest absolute Gasteiger partial charge is 0.387 e. The lowest BCUT2D eigenvalue weighted by Crippen LogP contribution is -2.26. The van der Waals surface area contributed by atoms with Crippen molar-refractivity contribution in [2.75, 3.05) is 20.3 Å². The van der Waals surface area contributed by atoms with E-state index in [-0.39, 0.29) is 22.0 Å². The molecule has 1 aromatic carbocycles. The summed E-state index contributed by atoms with van der Waals surface area (Å²) in [5, 5.41) is 2.70. The predicted octanol–water partition coefficient (Wildman–Crippen LogP) is 2.82. The van der Waals surface area contributed by atoms with Crippen LogP contribution < -0.4 is 10.1 Å². The van der Waals surface area contributed by atoms with Crippen molar-refractivity contribution in [1.82, 2.24) is 5.32 Å². The Morgan fingerprint density at radius 1 is 1.45 bits per heavy atom. The molecule has 0 aliphatic heterocycles.